The summed E-state index contributed by atoms with van der Waals surface area (Å²) in [6.45, 7) is 0. The molecule has 1 atom stereocenters. The first-order valence-electron chi connectivity index (χ1n) is 9.50. The van der Waals surface area contributed by atoms with Crippen LogP contribution in [0.15, 0.2) is 72.8 Å². The highest BCUT2D eigenvalue weighted by Crippen LogP contribution is 2.43. The fourth-order valence-corrected chi connectivity index (χ4v) is 3.81. The fraction of sp³-hybridized carbons (Fsp3) is 0.304. The fourth-order valence-electron chi connectivity index (χ4n) is 3.81. The molecular formula is C23H27NO4. The van der Waals surface area contributed by atoms with Crippen LogP contribution in [0.3, 0.4) is 0 Å². The van der Waals surface area contributed by atoms with E-state index in [4.69, 9.17) is 5.11 Å². The van der Waals surface area contributed by atoms with Gasteiger partial charge in [-0.1, -0.05) is 60.7 Å². The summed E-state index contributed by atoms with van der Waals surface area (Å²) in [7, 11) is 0. The minimum absolute atomic E-state index is 0.189. The lowest BCUT2D eigenvalue weighted by Crippen LogP contribution is -2.60. The van der Waals surface area contributed by atoms with Crippen LogP contribution in [0.25, 0.3) is 0 Å². The van der Waals surface area contributed by atoms with Gasteiger partial charge in [0.25, 0.3) is 0 Å². The van der Waals surface area contributed by atoms with Gasteiger partial charge in [0.15, 0.2) is 0 Å². The highest BCUT2D eigenvalue weighted by Gasteiger charge is 2.36. The molecule has 2 aromatic rings. The van der Waals surface area contributed by atoms with Crippen LogP contribution >= 0.6 is 0 Å². The van der Waals surface area contributed by atoms with E-state index in [0.29, 0.717) is 18.2 Å². The Morgan fingerprint density at radius 2 is 1.46 bits per heavy atom. The Hall–Kier alpha value is -2.92. The molecule has 0 spiro atoms. The Labute approximate surface area is 165 Å². The Morgan fingerprint density at radius 3 is 1.89 bits per heavy atom. The maximum absolute atomic E-state index is 9.53. The first-order chi connectivity index (χ1) is 13.4. The number of carboxylic acid groups (broad SMARTS) is 2. The summed E-state index contributed by atoms with van der Waals surface area (Å²) in [5.74, 6) is -2.80. The van der Waals surface area contributed by atoms with Crippen LogP contribution in [0, 0.1) is 0 Å². The van der Waals surface area contributed by atoms with Gasteiger partial charge >= 0.3 is 5.97 Å². The lowest BCUT2D eigenvalue weighted by atomic mass is 9.69. The van der Waals surface area contributed by atoms with Gasteiger partial charge in [0.1, 0.15) is 0 Å². The van der Waals surface area contributed by atoms with Crippen molar-refractivity contribution < 1.29 is 25.5 Å². The zero-order chi connectivity index (χ0) is 20.4. The van der Waals surface area contributed by atoms with Crippen molar-refractivity contribution in [2.45, 2.75) is 43.6 Å². The molecule has 0 amide bonds. The normalized spacial score (nSPS) is 18.5. The van der Waals surface area contributed by atoms with Gasteiger partial charge in [-0.15, -0.1) is 0 Å². The van der Waals surface area contributed by atoms with Crippen molar-refractivity contribution in [2.24, 2.45) is 0 Å². The predicted molar refractivity (Wildman–Crippen MR) is 105 cm³/mol. The van der Waals surface area contributed by atoms with Crippen LogP contribution in [-0.2, 0) is 15.0 Å². The van der Waals surface area contributed by atoms with Gasteiger partial charge in [0.2, 0.25) is 0 Å². The number of aliphatic carboxylic acids is 2. The second kappa shape index (κ2) is 10.4. The van der Waals surface area contributed by atoms with Crippen molar-refractivity contribution in [3.63, 3.8) is 0 Å². The molecule has 2 aromatic carbocycles. The van der Waals surface area contributed by atoms with Crippen LogP contribution in [0.2, 0.25) is 0 Å². The summed E-state index contributed by atoms with van der Waals surface area (Å²) in [6.07, 6.45) is 7.17. The van der Waals surface area contributed by atoms with Crippen LogP contribution in [0.4, 0.5) is 0 Å². The van der Waals surface area contributed by atoms with E-state index in [1.165, 1.54) is 43.2 Å². The summed E-state index contributed by atoms with van der Waals surface area (Å²) in [5, 5.41) is 17.2. The molecule has 1 aliphatic rings. The SMILES string of the molecule is O=C([O-])/C=C\C(=O)O.[NH3+]C1CCCC(c2ccccc2)(c2ccccc2)CC1. The molecule has 4 N–H and O–H groups in total. The molecular weight excluding hydrogens is 354 g/mol. The van der Waals surface area contributed by atoms with Crippen molar-refractivity contribution in [3.05, 3.63) is 83.9 Å². The summed E-state index contributed by atoms with van der Waals surface area (Å²) in [4.78, 5) is 19.0. The molecule has 1 saturated carbocycles. The number of benzene rings is 2. The van der Waals surface area contributed by atoms with Crippen molar-refractivity contribution >= 4 is 11.9 Å². The molecule has 1 fully saturated rings. The van der Waals surface area contributed by atoms with E-state index in [0.717, 1.165) is 0 Å². The average molecular weight is 381 g/mol. The van der Waals surface area contributed by atoms with Gasteiger partial charge < -0.3 is 20.7 Å². The third kappa shape index (κ3) is 6.06. The van der Waals surface area contributed by atoms with Gasteiger partial charge in [-0.2, -0.15) is 0 Å². The highest BCUT2D eigenvalue weighted by molar-refractivity contribution is 5.88. The standard InChI is InChI=1S/C19H23N.C4H4O4/c20-18-12-7-14-19(15-13-18,16-8-3-1-4-9-16)17-10-5-2-6-11-17;5-3(6)1-2-4(7)8/h1-6,8-11,18H,7,12-15,20H2;1-2H,(H,5,6)(H,7,8)/b;2-1-. The Balaban J connectivity index is 0.000000300. The first-order valence-corrected chi connectivity index (χ1v) is 9.50. The largest absolute Gasteiger partial charge is 0.545 e. The van der Waals surface area contributed by atoms with Crippen molar-refractivity contribution in [3.8, 4) is 0 Å². The van der Waals surface area contributed by atoms with Crippen LogP contribution < -0.4 is 10.8 Å². The Bertz CT molecular complexity index is 731. The van der Waals surface area contributed by atoms with Gasteiger partial charge in [-0.05, 0) is 42.9 Å². The molecule has 0 radical (unpaired) electrons. The van der Waals surface area contributed by atoms with E-state index in [1.807, 2.05) is 0 Å². The molecule has 5 nitrogen and oxygen atoms in total. The monoisotopic (exact) mass is 381 g/mol. The number of carbonyl (C=O) groups excluding carboxylic acids is 1. The van der Waals surface area contributed by atoms with Crippen molar-refractivity contribution in [1.82, 2.24) is 0 Å². The van der Waals surface area contributed by atoms with E-state index in [1.54, 1.807) is 0 Å². The molecule has 28 heavy (non-hydrogen) atoms. The number of carboxylic acids is 2. The number of quaternary nitrogens is 1. The van der Waals surface area contributed by atoms with Gasteiger partial charge in [-0.3, -0.25) is 0 Å². The Kier molecular flexibility index (Phi) is 7.96. The zero-order valence-electron chi connectivity index (χ0n) is 15.9. The van der Waals surface area contributed by atoms with Gasteiger partial charge in [-0.25, -0.2) is 4.79 Å². The van der Waals surface area contributed by atoms with Gasteiger partial charge in [0, 0.05) is 17.9 Å². The molecule has 0 bridgehead atoms. The van der Waals surface area contributed by atoms with E-state index in [9.17, 15) is 14.7 Å². The van der Waals surface area contributed by atoms with Crippen LogP contribution in [0.5, 0.6) is 0 Å². The highest BCUT2D eigenvalue weighted by atomic mass is 16.4. The number of rotatable bonds is 4. The number of hydrogen-bond donors (Lipinski definition) is 2. The molecule has 3 rings (SSSR count). The zero-order valence-corrected chi connectivity index (χ0v) is 15.9. The molecule has 148 valence electrons. The minimum atomic E-state index is -1.51. The van der Waals surface area contributed by atoms with E-state index < -0.39 is 11.9 Å². The Morgan fingerprint density at radius 1 is 0.929 bits per heavy atom. The maximum Gasteiger partial charge on any atom is 0.328 e. The number of hydrogen-bond acceptors (Lipinski definition) is 3. The molecule has 0 aromatic heterocycles. The second-order valence-corrected chi connectivity index (χ2v) is 7.10. The summed E-state index contributed by atoms with van der Waals surface area (Å²) >= 11 is 0. The minimum Gasteiger partial charge on any atom is -0.545 e. The topological polar surface area (TPSA) is 105 Å². The first kappa shape index (κ1) is 21.4. The van der Waals surface area contributed by atoms with Crippen LogP contribution in [0.1, 0.15) is 43.2 Å². The van der Waals surface area contributed by atoms with Crippen LogP contribution in [-0.4, -0.2) is 23.1 Å². The second-order valence-electron chi connectivity index (χ2n) is 7.10. The lowest BCUT2D eigenvalue weighted by molar-refractivity contribution is -0.422. The summed E-state index contributed by atoms with van der Waals surface area (Å²) in [5.41, 5.74) is 7.44. The molecule has 1 unspecified atom stereocenters. The molecule has 0 saturated heterocycles. The summed E-state index contributed by atoms with van der Waals surface area (Å²) < 4.78 is 0. The lowest BCUT2D eigenvalue weighted by Gasteiger charge is -2.34. The molecule has 5 heteroatoms. The van der Waals surface area contributed by atoms with E-state index in [2.05, 4.69) is 66.4 Å². The third-order valence-corrected chi connectivity index (χ3v) is 5.21. The smallest absolute Gasteiger partial charge is 0.328 e. The van der Waals surface area contributed by atoms with Crippen molar-refractivity contribution in [1.29, 1.82) is 0 Å². The molecule has 0 aliphatic heterocycles. The predicted octanol–water partition coefficient (Wildman–Crippen LogP) is 1.92. The maximum atomic E-state index is 9.53. The number of carbonyl (C=O) groups is 2. The third-order valence-electron chi connectivity index (χ3n) is 5.21. The average Bonchev–Trinajstić information content (AvgIpc) is 2.91. The van der Waals surface area contributed by atoms with E-state index >= 15 is 0 Å². The molecule has 1 aliphatic carbocycles. The molecule has 0 heterocycles. The summed E-state index contributed by atoms with van der Waals surface area (Å²) in [6, 6.07) is 22.7. The van der Waals surface area contributed by atoms with Crippen molar-refractivity contribution in [2.75, 3.05) is 0 Å². The van der Waals surface area contributed by atoms with E-state index in [-0.39, 0.29) is 5.41 Å². The van der Waals surface area contributed by atoms with Gasteiger partial charge in [0.05, 0.1) is 12.0 Å². The quantitative estimate of drug-likeness (QED) is 0.623.